The molecule has 0 spiro atoms. The molecule has 0 bridgehead atoms. The van der Waals surface area contributed by atoms with E-state index in [0.29, 0.717) is 29.5 Å². The Kier molecular flexibility index (Phi) is 5.16. The van der Waals surface area contributed by atoms with E-state index in [1.165, 1.54) is 0 Å². The molecule has 0 radical (unpaired) electrons. The fraction of sp³-hybridized carbons (Fsp3) is 0.350. The van der Waals surface area contributed by atoms with Gasteiger partial charge in [0.1, 0.15) is 5.75 Å². The second kappa shape index (κ2) is 7.49. The summed E-state index contributed by atoms with van der Waals surface area (Å²) in [6, 6.07) is 15.3. The van der Waals surface area contributed by atoms with Gasteiger partial charge in [-0.1, -0.05) is 30.3 Å². The van der Waals surface area contributed by atoms with E-state index in [1.807, 2.05) is 43.3 Å². The predicted octanol–water partition coefficient (Wildman–Crippen LogP) is 3.71. The first-order chi connectivity index (χ1) is 11.7. The zero-order chi connectivity index (χ0) is 16.9. The molecule has 1 atom stereocenters. The highest BCUT2D eigenvalue weighted by Gasteiger charge is 2.37. The van der Waals surface area contributed by atoms with Crippen LogP contribution < -0.4 is 10.1 Å². The van der Waals surface area contributed by atoms with E-state index in [9.17, 15) is 9.90 Å². The quantitative estimate of drug-likeness (QED) is 0.816. The molecule has 1 aliphatic carbocycles. The first kappa shape index (κ1) is 16.5. The van der Waals surface area contributed by atoms with Crippen molar-refractivity contribution < 1.29 is 14.6 Å². The SMILES string of the molecule is CCOc1ccc(NC(=O)C(c2ccccc2)C2CC2)cc1CO. The van der Waals surface area contributed by atoms with Crippen LogP contribution in [0.15, 0.2) is 48.5 Å². The lowest BCUT2D eigenvalue weighted by atomic mass is 9.93. The number of hydrogen-bond acceptors (Lipinski definition) is 3. The number of nitrogens with one attached hydrogen (secondary N) is 1. The Balaban J connectivity index is 1.78. The zero-order valence-electron chi connectivity index (χ0n) is 13.9. The molecule has 126 valence electrons. The Bertz CT molecular complexity index is 695. The second-order valence-corrected chi connectivity index (χ2v) is 6.13. The molecule has 1 fully saturated rings. The summed E-state index contributed by atoms with van der Waals surface area (Å²) >= 11 is 0. The van der Waals surface area contributed by atoms with Crippen LogP contribution >= 0.6 is 0 Å². The third-order valence-corrected chi connectivity index (χ3v) is 4.33. The van der Waals surface area contributed by atoms with E-state index in [-0.39, 0.29) is 18.4 Å². The Labute approximate surface area is 142 Å². The number of carbonyl (C=O) groups is 1. The molecule has 2 N–H and O–H groups in total. The molecule has 2 aromatic rings. The number of ether oxygens (including phenoxy) is 1. The van der Waals surface area contributed by atoms with Gasteiger partial charge in [0.05, 0.1) is 19.1 Å². The van der Waals surface area contributed by atoms with Crippen molar-refractivity contribution in [2.75, 3.05) is 11.9 Å². The van der Waals surface area contributed by atoms with Crippen molar-refractivity contribution in [3.8, 4) is 5.75 Å². The van der Waals surface area contributed by atoms with Crippen LogP contribution in [0.3, 0.4) is 0 Å². The van der Waals surface area contributed by atoms with Crippen LogP contribution in [0.5, 0.6) is 5.75 Å². The minimum Gasteiger partial charge on any atom is -0.494 e. The second-order valence-electron chi connectivity index (χ2n) is 6.13. The molecule has 4 nitrogen and oxygen atoms in total. The smallest absolute Gasteiger partial charge is 0.232 e. The van der Waals surface area contributed by atoms with Gasteiger partial charge in [0, 0.05) is 11.3 Å². The zero-order valence-corrected chi connectivity index (χ0v) is 13.9. The molecule has 1 aliphatic rings. The summed E-state index contributed by atoms with van der Waals surface area (Å²) in [5, 5.41) is 12.5. The molecule has 1 unspecified atom stereocenters. The first-order valence-electron chi connectivity index (χ1n) is 8.45. The van der Waals surface area contributed by atoms with E-state index < -0.39 is 0 Å². The summed E-state index contributed by atoms with van der Waals surface area (Å²) in [6.07, 6.45) is 2.19. The summed E-state index contributed by atoms with van der Waals surface area (Å²) in [5.74, 6) is 0.972. The third-order valence-electron chi connectivity index (χ3n) is 4.33. The fourth-order valence-electron chi connectivity index (χ4n) is 3.02. The highest BCUT2D eigenvalue weighted by Crippen LogP contribution is 2.43. The van der Waals surface area contributed by atoms with Crippen molar-refractivity contribution in [3.05, 3.63) is 59.7 Å². The summed E-state index contributed by atoms with van der Waals surface area (Å²) in [6.45, 7) is 2.32. The van der Waals surface area contributed by atoms with Gasteiger partial charge in [0.25, 0.3) is 0 Å². The van der Waals surface area contributed by atoms with Crippen molar-refractivity contribution in [1.82, 2.24) is 0 Å². The maximum Gasteiger partial charge on any atom is 0.232 e. The van der Waals surface area contributed by atoms with Crippen molar-refractivity contribution >= 4 is 11.6 Å². The minimum atomic E-state index is -0.121. The van der Waals surface area contributed by atoms with Crippen molar-refractivity contribution in [2.24, 2.45) is 5.92 Å². The summed E-state index contributed by atoms with van der Waals surface area (Å²) in [7, 11) is 0. The molecular weight excluding hydrogens is 302 g/mol. The van der Waals surface area contributed by atoms with Crippen molar-refractivity contribution in [3.63, 3.8) is 0 Å². The standard InChI is InChI=1S/C20H23NO3/c1-2-24-18-11-10-17(12-16(18)13-22)21-20(23)19(15-8-9-15)14-6-4-3-5-7-14/h3-7,10-12,15,19,22H,2,8-9,13H2,1H3,(H,21,23). The topological polar surface area (TPSA) is 58.6 Å². The molecule has 4 heteroatoms. The van der Waals surface area contributed by atoms with Crippen LogP contribution in [0.4, 0.5) is 5.69 Å². The Morgan fingerprint density at radius 3 is 2.62 bits per heavy atom. The number of benzene rings is 2. The van der Waals surface area contributed by atoms with Gasteiger partial charge in [-0.25, -0.2) is 0 Å². The van der Waals surface area contributed by atoms with Crippen LogP contribution in [-0.4, -0.2) is 17.6 Å². The number of aliphatic hydroxyl groups excluding tert-OH is 1. The lowest BCUT2D eigenvalue weighted by molar-refractivity contribution is -0.118. The maximum absolute atomic E-state index is 12.8. The number of carbonyl (C=O) groups excluding carboxylic acids is 1. The molecule has 24 heavy (non-hydrogen) atoms. The number of anilines is 1. The molecule has 0 saturated heterocycles. The van der Waals surface area contributed by atoms with Crippen LogP contribution in [0, 0.1) is 5.92 Å². The summed E-state index contributed by atoms with van der Waals surface area (Å²) in [4.78, 5) is 12.8. The summed E-state index contributed by atoms with van der Waals surface area (Å²) in [5.41, 5.74) is 2.43. The minimum absolute atomic E-state index is 0.0109. The number of aliphatic hydroxyl groups is 1. The van der Waals surface area contributed by atoms with Crippen LogP contribution in [0.25, 0.3) is 0 Å². The molecule has 0 heterocycles. The lowest BCUT2D eigenvalue weighted by Crippen LogP contribution is -2.22. The van der Waals surface area contributed by atoms with Gasteiger partial charge in [-0.05, 0) is 49.4 Å². The van der Waals surface area contributed by atoms with Crippen LogP contribution in [0.2, 0.25) is 0 Å². The number of hydrogen-bond donors (Lipinski definition) is 2. The molecule has 1 saturated carbocycles. The lowest BCUT2D eigenvalue weighted by Gasteiger charge is -2.17. The number of amides is 1. The summed E-state index contributed by atoms with van der Waals surface area (Å²) < 4.78 is 5.48. The maximum atomic E-state index is 12.8. The Morgan fingerprint density at radius 1 is 1.25 bits per heavy atom. The van der Waals surface area contributed by atoms with Gasteiger partial charge < -0.3 is 15.2 Å². The van der Waals surface area contributed by atoms with Gasteiger partial charge in [0.15, 0.2) is 0 Å². The fourth-order valence-corrected chi connectivity index (χ4v) is 3.02. The van der Waals surface area contributed by atoms with E-state index >= 15 is 0 Å². The van der Waals surface area contributed by atoms with E-state index in [0.717, 1.165) is 18.4 Å². The van der Waals surface area contributed by atoms with Gasteiger partial charge in [0.2, 0.25) is 5.91 Å². The van der Waals surface area contributed by atoms with Crippen molar-refractivity contribution in [1.29, 1.82) is 0 Å². The van der Waals surface area contributed by atoms with E-state index in [1.54, 1.807) is 12.1 Å². The highest BCUT2D eigenvalue weighted by molar-refractivity contribution is 5.96. The van der Waals surface area contributed by atoms with E-state index in [2.05, 4.69) is 5.32 Å². The average molecular weight is 325 g/mol. The van der Waals surface area contributed by atoms with Crippen molar-refractivity contribution in [2.45, 2.75) is 32.3 Å². The van der Waals surface area contributed by atoms with Gasteiger partial charge in [-0.2, -0.15) is 0 Å². The van der Waals surface area contributed by atoms with Gasteiger partial charge in [-0.3, -0.25) is 4.79 Å². The number of rotatable bonds is 7. The average Bonchev–Trinajstić information content (AvgIpc) is 3.42. The van der Waals surface area contributed by atoms with Gasteiger partial charge in [-0.15, -0.1) is 0 Å². The predicted molar refractivity (Wildman–Crippen MR) is 94.1 cm³/mol. The molecule has 1 amide bonds. The highest BCUT2D eigenvalue weighted by atomic mass is 16.5. The molecule has 3 rings (SSSR count). The largest absolute Gasteiger partial charge is 0.494 e. The monoisotopic (exact) mass is 325 g/mol. The molecule has 0 aliphatic heterocycles. The normalized spacial score (nSPS) is 14.9. The first-order valence-corrected chi connectivity index (χ1v) is 8.45. The van der Waals surface area contributed by atoms with E-state index in [4.69, 9.17) is 4.74 Å². The molecule has 2 aromatic carbocycles. The molecule has 0 aromatic heterocycles. The molecular formula is C20H23NO3. The Hall–Kier alpha value is -2.33. The Morgan fingerprint density at radius 2 is 2.00 bits per heavy atom. The van der Waals surface area contributed by atoms with Crippen LogP contribution in [-0.2, 0) is 11.4 Å². The van der Waals surface area contributed by atoms with Crippen LogP contribution in [0.1, 0.15) is 36.8 Å². The third kappa shape index (κ3) is 3.77. The van der Waals surface area contributed by atoms with Gasteiger partial charge >= 0.3 is 0 Å².